The van der Waals surface area contributed by atoms with Gasteiger partial charge >= 0.3 is 5.97 Å². The van der Waals surface area contributed by atoms with Gasteiger partial charge in [-0.1, -0.05) is 30.0 Å². The first-order valence-electron chi connectivity index (χ1n) is 11.9. The third-order valence-electron chi connectivity index (χ3n) is 6.41. The van der Waals surface area contributed by atoms with Crippen LogP contribution in [0.5, 0.6) is 5.75 Å². The minimum Gasteiger partial charge on any atom is -0.496 e. The third-order valence-corrected chi connectivity index (χ3v) is 7.47. The molecule has 0 radical (unpaired) electrons. The summed E-state index contributed by atoms with van der Waals surface area (Å²) < 4.78 is 10.7. The van der Waals surface area contributed by atoms with Crippen LogP contribution in [0.3, 0.4) is 0 Å². The van der Waals surface area contributed by atoms with Crippen molar-refractivity contribution in [3.05, 3.63) is 71.7 Å². The van der Waals surface area contributed by atoms with E-state index in [2.05, 4.69) is 40.0 Å². The van der Waals surface area contributed by atoms with E-state index >= 15 is 0 Å². The number of carbonyl (C=O) groups excluding carboxylic acids is 1. The second-order valence-corrected chi connectivity index (χ2v) is 9.77. The smallest absolute Gasteiger partial charge is 0.339 e. The average molecular weight is 504 g/mol. The standard InChI is InChI=1S/C27H29N5O3S/c1-31-12-14-32(15-13-31)19-9-8-18(22(17-19)34-2)16-24-29-21-10-11-28-25(21)26(30-24)36-23-7-5-4-6-20(23)27(33)35-3/h4-11,17,28H,12-16H2,1-3H3. The van der Waals surface area contributed by atoms with E-state index in [0.29, 0.717) is 17.8 Å². The number of piperazine rings is 1. The van der Waals surface area contributed by atoms with Crippen molar-refractivity contribution in [3.63, 3.8) is 0 Å². The Bertz CT molecular complexity index is 1380. The number of hydrogen-bond acceptors (Lipinski definition) is 8. The molecule has 0 unspecified atom stereocenters. The van der Waals surface area contributed by atoms with Gasteiger partial charge in [-0.2, -0.15) is 0 Å². The van der Waals surface area contributed by atoms with Crippen LogP contribution in [-0.2, 0) is 11.2 Å². The van der Waals surface area contributed by atoms with Crippen LogP contribution in [0.25, 0.3) is 11.0 Å². The first kappa shape index (κ1) is 24.1. The van der Waals surface area contributed by atoms with Crippen LogP contribution in [0, 0.1) is 0 Å². The van der Waals surface area contributed by atoms with Crippen LogP contribution in [0.2, 0.25) is 0 Å². The molecule has 0 saturated carbocycles. The van der Waals surface area contributed by atoms with E-state index in [0.717, 1.165) is 58.4 Å². The zero-order valence-corrected chi connectivity index (χ0v) is 21.5. The molecule has 0 aliphatic carbocycles. The maximum Gasteiger partial charge on any atom is 0.339 e. The van der Waals surface area contributed by atoms with Crippen molar-refractivity contribution >= 4 is 34.5 Å². The number of likely N-dealkylation sites (N-methyl/N-ethyl adjacent to an activating group) is 1. The molecule has 3 heterocycles. The third kappa shape index (κ3) is 5.03. The Kier molecular flexibility index (Phi) is 7.11. The van der Waals surface area contributed by atoms with Gasteiger partial charge in [0.25, 0.3) is 0 Å². The average Bonchev–Trinajstić information content (AvgIpc) is 3.38. The number of nitrogens with zero attached hydrogens (tertiary/aromatic N) is 4. The van der Waals surface area contributed by atoms with E-state index in [1.165, 1.54) is 24.6 Å². The maximum absolute atomic E-state index is 12.3. The summed E-state index contributed by atoms with van der Waals surface area (Å²) in [6.07, 6.45) is 2.38. The number of H-pyrrole nitrogens is 1. The molecule has 186 valence electrons. The summed E-state index contributed by atoms with van der Waals surface area (Å²) in [5.41, 5.74) is 4.36. The van der Waals surface area contributed by atoms with E-state index in [9.17, 15) is 4.79 Å². The number of ether oxygens (including phenoxy) is 2. The van der Waals surface area contributed by atoms with Crippen LogP contribution in [-0.4, -0.2) is 73.3 Å². The molecule has 2 aromatic heterocycles. The molecule has 0 bridgehead atoms. The summed E-state index contributed by atoms with van der Waals surface area (Å²) in [6.45, 7) is 4.10. The van der Waals surface area contributed by atoms with Crippen LogP contribution >= 0.6 is 11.8 Å². The largest absolute Gasteiger partial charge is 0.496 e. The van der Waals surface area contributed by atoms with Crippen LogP contribution < -0.4 is 9.64 Å². The fraction of sp³-hybridized carbons (Fsp3) is 0.296. The number of hydrogen-bond donors (Lipinski definition) is 1. The normalized spacial score (nSPS) is 14.2. The zero-order chi connectivity index (χ0) is 25.1. The highest BCUT2D eigenvalue weighted by Crippen LogP contribution is 2.34. The van der Waals surface area contributed by atoms with Gasteiger partial charge in [0.2, 0.25) is 0 Å². The molecule has 1 fully saturated rings. The lowest BCUT2D eigenvalue weighted by Crippen LogP contribution is -2.44. The molecule has 36 heavy (non-hydrogen) atoms. The molecule has 1 N–H and O–H groups in total. The number of benzene rings is 2. The van der Waals surface area contributed by atoms with Crippen molar-refractivity contribution in [2.45, 2.75) is 16.3 Å². The maximum atomic E-state index is 12.3. The van der Waals surface area contributed by atoms with E-state index in [1.54, 1.807) is 13.2 Å². The molecular weight excluding hydrogens is 474 g/mol. The summed E-state index contributed by atoms with van der Waals surface area (Å²) >= 11 is 1.42. The molecule has 2 aromatic carbocycles. The molecule has 1 aliphatic rings. The fourth-order valence-corrected chi connectivity index (χ4v) is 5.40. The van der Waals surface area contributed by atoms with Gasteiger partial charge in [0, 0.05) is 61.0 Å². The number of aromatic nitrogens is 3. The van der Waals surface area contributed by atoms with Crippen molar-refractivity contribution in [1.82, 2.24) is 19.9 Å². The van der Waals surface area contributed by atoms with Crippen molar-refractivity contribution in [1.29, 1.82) is 0 Å². The monoisotopic (exact) mass is 503 g/mol. The van der Waals surface area contributed by atoms with Gasteiger partial charge in [-0.3, -0.25) is 0 Å². The Balaban J connectivity index is 1.44. The Morgan fingerprint density at radius 3 is 2.64 bits per heavy atom. The highest BCUT2D eigenvalue weighted by atomic mass is 32.2. The summed E-state index contributed by atoms with van der Waals surface area (Å²) in [7, 11) is 5.24. The van der Waals surface area contributed by atoms with Gasteiger partial charge in [0.15, 0.2) is 0 Å². The Hall–Kier alpha value is -3.56. The molecule has 0 spiro atoms. The lowest BCUT2D eigenvalue weighted by Gasteiger charge is -2.34. The quantitative estimate of drug-likeness (QED) is 0.296. The lowest BCUT2D eigenvalue weighted by atomic mass is 10.1. The van der Waals surface area contributed by atoms with Gasteiger partial charge in [-0.15, -0.1) is 0 Å². The number of rotatable bonds is 7. The minimum absolute atomic E-state index is 0.375. The molecule has 5 rings (SSSR count). The zero-order valence-electron chi connectivity index (χ0n) is 20.7. The topological polar surface area (TPSA) is 83.6 Å². The van der Waals surface area contributed by atoms with Gasteiger partial charge in [-0.05, 0) is 31.3 Å². The number of methoxy groups -OCH3 is 2. The second kappa shape index (κ2) is 10.6. The van der Waals surface area contributed by atoms with Gasteiger partial charge in [0.05, 0.1) is 30.8 Å². The van der Waals surface area contributed by atoms with Crippen molar-refractivity contribution < 1.29 is 14.3 Å². The Morgan fingerprint density at radius 1 is 1.06 bits per heavy atom. The van der Waals surface area contributed by atoms with Gasteiger partial charge in [-0.25, -0.2) is 14.8 Å². The Morgan fingerprint density at radius 2 is 1.86 bits per heavy atom. The van der Waals surface area contributed by atoms with E-state index in [1.807, 2.05) is 30.5 Å². The van der Waals surface area contributed by atoms with Gasteiger partial charge < -0.3 is 24.3 Å². The van der Waals surface area contributed by atoms with E-state index in [4.69, 9.17) is 19.4 Å². The molecule has 4 aromatic rings. The van der Waals surface area contributed by atoms with Crippen LogP contribution in [0.4, 0.5) is 5.69 Å². The SMILES string of the molecule is COC(=O)c1ccccc1Sc1nc(Cc2ccc(N3CCN(C)CC3)cc2OC)nc2cc[nH]c12. The van der Waals surface area contributed by atoms with E-state index < -0.39 is 0 Å². The van der Waals surface area contributed by atoms with Crippen LogP contribution in [0.15, 0.2) is 64.6 Å². The molecule has 0 atom stereocenters. The first-order valence-corrected chi connectivity index (χ1v) is 12.7. The van der Waals surface area contributed by atoms with Gasteiger partial charge in [0.1, 0.15) is 16.6 Å². The first-order chi connectivity index (χ1) is 17.6. The molecule has 8 nitrogen and oxygen atoms in total. The summed E-state index contributed by atoms with van der Waals surface area (Å²) in [6, 6.07) is 15.7. The molecule has 9 heteroatoms. The number of fused-ring (bicyclic) bond motifs is 1. The van der Waals surface area contributed by atoms with Crippen molar-refractivity contribution in [2.24, 2.45) is 0 Å². The number of carbonyl (C=O) groups is 1. The molecule has 0 amide bonds. The number of esters is 1. The molecule has 1 aliphatic heterocycles. The predicted molar refractivity (Wildman–Crippen MR) is 141 cm³/mol. The highest BCUT2D eigenvalue weighted by molar-refractivity contribution is 7.99. The molecular formula is C27H29N5O3S. The van der Waals surface area contributed by atoms with Crippen molar-refractivity contribution in [2.75, 3.05) is 52.3 Å². The van der Waals surface area contributed by atoms with Crippen molar-refractivity contribution in [3.8, 4) is 5.75 Å². The minimum atomic E-state index is -0.375. The molecule has 1 saturated heterocycles. The summed E-state index contributed by atoms with van der Waals surface area (Å²) in [5.74, 6) is 1.14. The second-order valence-electron chi connectivity index (χ2n) is 8.74. The summed E-state index contributed by atoms with van der Waals surface area (Å²) in [4.78, 5) is 30.7. The summed E-state index contributed by atoms with van der Waals surface area (Å²) in [5, 5.41) is 0.754. The lowest BCUT2D eigenvalue weighted by molar-refractivity contribution is 0.0597. The number of aromatic amines is 1. The number of anilines is 1. The van der Waals surface area contributed by atoms with E-state index in [-0.39, 0.29) is 5.97 Å². The van der Waals surface area contributed by atoms with Crippen LogP contribution in [0.1, 0.15) is 21.7 Å². The Labute approximate surface area is 214 Å². The predicted octanol–water partition coefficient (Wildman–Crippen LogP) is 4.25. The fourth-order valence-electron chi connectivity index (χ4n) is 4.37. The highest BCUT2D eigenvalue weighted by Gasteiger charge is 2.19. The number of nitrogens with one attached hydrogen (secondary N) is 1.